The molecule has 8 heteroatoms. The minimum absolute atomic E-state index is 0.384. The summed E-state index contributed by atoms with van der Waals surface area (Å²) in [7, 11) is 0. The van der Waals surface area contributed by atoms with Crippen LogP contribution in [0.25, 0.3) is 10.9 Å². The van der Waals surface area contributed by atoms with E-state index >= 15 is 0 Å². The number of aliphatic carboxylic acids is 1. The smallest absolute Gasteiger partial charge is 0.328 e. The molecule has 110 valence electrons. The molecule has 2 aromatic rings. The van der Waals surface area contributed by atoms with Gasteiger partial charge in [-0.2, -0.15) is 0 Å². The van der Waals surface area contributed by atoms with Gasteiger partial charge in [-0.1, -0.05) is 11.6 Å². The van der Waals surface area contributed by atoms with Crippen LogP contribution in [-0.4, -0.2) is 39.8 Å². The summed E-state index contributed by atoms with van der Waals surface area (Å²) in [4.78, 5) is 26.6. The Labute approximate surface area is 124 Å². The van der Waals surface area contributed by atoms with Gasteiger partial charge in [-0.05, 0) is 24.3 Å². The minimum atomic E-state index is -1.38. The molecule has 1 heterocycles. The predicted molar refractivity (Wildman–Crippen MR) is 77.4 cm³/mol. The van der Waals surface area contributed by atoms with Gasteiger partial charge in [-0.3, -0.25) is 4.98 Å². The highest BCUT2D eigenvalue weighted by molar-refractivity contribution is 6.35. The predicted octanol–water partition coefficient (Wildman–Crippen LogP) is 1.46. The highest BCUT2D eigenvalue weighted by Crippen LogP contribution is 2.27. The summed E-state index contributed by atoms with van der Waals surface area (Å²) in [5.74, 6) is -1.33. The summed E-state index contributed by atoms with van der Waals surface area (Å²) < 4.78 is 0. The lowest BCUT2D eigenvalue weighted by Crippen LogP contribution is -2.45. The fourth-order valence-corrected chi connectivity index (χ4v) is 1.96. The molecule has 0 aliphatic rings. The van der Waals surface area contributed by atoms with Crippen LogP contribution in [0.3, 0.4) is 0 Å². The second kappa shape index (κ2) is 6.38. The standard InChI is InChI=1S/C13H12ClN3O4/c14-8-3-4-9(11-7(8)2-1-5-15-11)16-13(21)17-10(6-18)12(19)20/h1-5,10,18H,6H2,(H,19,20)(H2,16,17,21). The van der Waals surface area contributed by atoms with Gasteiger partial charge in [0.1, 0.15) is 0 Å². The molecule has 0 fully saturated rings. The topological polar surface area (TPSA) is 112 Å². The Bertz CT molecular complexity index is 692. The quantitative estimate of drug-likeness (QED) is 0.683. The normalized spacial score (nSPS) is 11.9. The highest BCUT2D eigenvalue weighted by Gasteiger charge is 2.19. The largest absolute Gasteiger partial charge is 0.480 e. The third-order valence-electron chi connectivity index (χ3n) is 2.75. The van der Waals surface area contributed by atoms with Gasteiger partial charge in [-0.15, -0.1) is 0 Å². The van der Waals surface area contributed by atoms with Crippen LogP contribution in [0.15, 0.2) is 30.5 Å². The highest BCUT2D eigenvalue weighted by atomic mass is 35.5. The molecule has 1 aromatic carbocycles. The zero-order chi connectivity index (χ0) is 15.4. The van der Waals surface area contributed by atoms with E-state index in [2.05, 4.69) is 15.6 Å². The van der Waals surface area contributed by atoms with Crippen molar-refractivity contribution in [3.05, 3.63) is 35.5 Å². The Hall–Kier alpha value is -2.38. The third-order valence-corrected chi connectivity index (χ3v) is 3.08. The van der Waals surface area contributed by atoms with Crippen molar-refractivity contribution in [2.75, 3.05) is 11.9 Å². The number of carbonyl (C=O) groups excluding carboxylic acids is 1. The van der Waals surface area contributed by atoms with Gasteiger partial charge >= 0.3 is 12.0 Å². The number of fused-ring (bicyclic) bond motifs is 1. The van der Waals surface area contributed by atoms with E-state index in [4.69, 9.17) is 21.8 Å². The van der Waals surface area contributed by atoms with Gasteiger partial charge in [0.2, 0.25) is 0 Å². The Balaban J connectivity index is 2.22. The van der Waals surface area contributed by atoms with E-state index in [-0.39, 0.29) is 0 Å². The molecule has 4 N–H and O–H groups in total. The van der Waals surface area contributed by atoms with Gasteiger partial charge in [0.15, 0.2) is 6.04 Å². The van der Waals surface area contributed by atoms with Crippen LogP contribution >= 0.6 is 11.6 Å². The van der Waals surface area contributed by atoms with E-state index in [1.165, 1.54) is 0 Å². The molecule has 1 aromatic heterocycles. The average Bonchev–Trinajstić information content (AvgIpc) is 2.47. The fraction of sp³-hybridized carbons (Fsp3) is 0.154. The second-order valence-corrected chi connectivity index (χ2v) is 4.57. The number of nitrogens with one attached hydrogen (secondary N) is 2. The number of halogens is 1. The van der Waals surface area contributed by atoms with Crippen molar-refractivity contribution in [2.24, 2.45) is 0 Å². The number of carbonyl (C=O) groups is 2. The van der Waals surface area contributed by atoms with Gasteiger partial charge in [0.25, 0.3) is 0 Å². The van der Waals surface area contributed by atoms with Crippen LogP contribution < -0.4 is 10.6 Å². The Morgan fingerprint density at radius 3 is 2.76 bits per heavy atom. The molecule has 0 saturated carbocycles. The summed E-state index contributed by atoms with van der Waals surface area (Å²) in [5.41, 5.74) is 0.866. The SMILES string of the molecule is O=C(Nc1ccc(Cl)c2cccnc12)NC(CO)C(=O)O. The van der Waals surface area contributed by atoms with E-state index < -0.39 is 24.6 Å². The number of benzene rings is 1. The molecule has 0 saturated heterocycles. The van der Waals surface area contributed by atoms with Gasteiger partial charge in [0.05, 0.1) is 22.8 Å². The number of hydrogen-bond acceptors (Lipinski definition) is 4. The number of anilines is 1. The van der Waals surface area contributed by atoms with Crippen molar-refractivity contribution in [1.29, 1.82) is 0 Å². The first-order valence-electron chi connectivity index (χ1n) is 5.97. The number of nitrogens with zero attached hydrogens (tertiary/aromatic N) is 1. The van der Waals surface area contributed by atoms with Crippen LogP contribution in [0.4, 0.5) is 10.5 Å². The van der Waals surface area contributed by atoms with Gasteiger partial charge < -0.3 is 20.8 Å². The Morgan fingerprint density at radius 2 is 2.10 bits per heavy atom. The van der Waals surface area contributed by atoms with Crippen molar-refractivity contribution >= 4 is 40.2 Å². The fourth-order valence-electron chi connectivity index (χ4n) is 1.74. The molecule has 1 atom stereocenters. The number of rotatable bonds is 4. The zero-order valence-corrected chi connectivity index (χ0v) is 11.5. The number of aliphatic hydroxyl groups is 1. The second-order valence-electron chi connectivity index (χ2n) is 4.17. The number of pyridine rings is 1. The summed E-state index contributed by atoms with van der Waals surface area (Å²) in [5, 5.41) is 23.4. The molecule has 0 radical (unpaired) electrons. The molecule has 2 rings (SSSR count). The molecule has 0 aliphatic heterocycles. The number of amides is 2. The number of hydrogen-bond donors (Lipinski definition) is 4. The van der Waals surface area contributed by atoms with Crippen molar-refractivity contribution in [3.63, 3.8) is 0 Å². The van der Waals surface area contributed by atoms with E-state index in [1.54, 1.807) is 30.5 Å². The van der Waals surface area contributed by atoms with E-state index in [0.29, 0.717) is 21.6 Å². The lowest BCUT2D eigenvalue weighted by Gasteiger charge is -2.13. The van der Waals surface area contributed by atoms with Crippen LogP contribution in [0, 0.1) is 0 Å². The van der Waals surface area contributed by atoms with E-state index in [9.17, 15) is 9.59 Å². The summed E-state index contributed by atoms with van der Waals surface area (Å²) >= 11 is 6.03. The van der Waals surface area contributed by atoms with Crippen molar-refractivity contribution < 1.29 is 19.8 Å². The number of urea groups is 1. The number of carboxylic acid groups (broad SMARTS) is 1. The van der Waals surface area contributed by atoms with Crippen molar-refractivity contribution in [1.82, 2.24) is 10.3 Å². The molecule has 1 unspecified atom stereocenters. The first-order valence-corrected chi connectivity index (χ1v) is 6.35. The Morgan fingerprint density at radius 1 is 1.33 bits per heavy atom. The number of carboxylic acids is 1. The summed E-state index contributed by atoms with van der Waals surface area (Å²) in [6.45, 7) is -0.706. The molecule has 0 aliphatic carbocycles. The first-order chi connectivity index (χ1) is 10.0. The van der Waals surface area contributed by atoms with Crippen LogP contribution in [-0.2, 0) is 4.79 Å². The lowest BCUT2D eigenvalue weighted by molar-refractivity contribution is -0.140. The average molecular weight is 310 g/mol. The minimum Gasteiger partial charge on any atom is -0.480 e. The summed E-state index contributed by atoms with van der Waals surface area (Å²) in [6.07, 6.45) is 1.55. The van der Waals surface area contributed by atoms with Gasteiger partial charge in [-0.25, -0.2) is 9.59 Å². The first kappa shape index (κ1) is 15.0. The maximum Gasteiger partial charge on any atom is 0.328 e. The van der Waals surface area contributed by atoms with E-state index in [0.717, 1.165) is 0 Å². The number of aromatic nitrogens is 1. The maximum atomic E-state index is 11.8. The van der Waals surface area contributed by atoms with Crippen molar-refractivity contribution in [3.8, 4) is 0 Å². The summed E-state index contributed by atoms with van der Waals surface area (Å²) in [6, 6.07) is 4.49. The molecule has 7 nitrogen and oxygen atoms in total. The molecule has 2 amide bonds. The third kappa shape index (κ3) is 3.39. The van der Waals surface area contributed by atoms with Crippen LogP contribution in [0.5, 0.6) is 0 Å². The van der Waals surface area contributed by atoms with Crippen molar-refractivity contribution in [2.45, 2.75) is 6.04 Å². The lowest BCUT2D eigenvalue weighted by atomic mass is 10.2. The molecule has 0 spiro atoms. The van der Waals surface area contributed by atoms with Gasteiger partial charge in [0, 0.05) is 11.6 Å². The molecular weight excluding hydrogens is 298 g/mol. The Kier molecular flexibility index (Phi) is 4.56. The molecule has 0 bridgehead atoms. The number of aliphatic hydroxyl groups excluding tert-OH is 1. The monoisotopic (exact) mass is 309 g/mol. The van der Waals surface area contributed by atoms with Crippen LogP contribution in [0.1, 0.15) is 0 Å². The zero-order valence-electron chi connectivity index (χ0n) is 10.7. The van der Waals surface area contributed by atoms with Crippen LogP contribution in [0.2, 0.25) is 5.02 Å². The van der Waals surface area contributed by atoms with E-state index in [1.807, 2.05) is 0 Å². The maximum absolute atomic E-state index is 11.8. The molecule has 21 heavy (non-hydrogen) atoms. The molecular formula is C13H12ClN3O4.